The highest BCUT2D eigenvalue weighted by Gasteiger charge is 2.09. The topological polar surface area (TPSA) is 90.7 Å². The summed E-state index contributed by atoms with van der Waals surface area (Å²) in [5.74, 6) is 1.96. The molecule has 0 aliphatic heterocycles. The van der Waals surface area contributed by atoms with Gasteiger partial charge in [0.15, 0.2) is 0 Å². The van der Waals surface area contributed by atoms with Crippen molar-refractivity contribution in [2.24, 2.45) is 0 Å². The van der Waals surface area contributed by atoms with Gasteiger partial charge in [-0.05, 0) is 43.3 Å². The fourth-order valence-electron chi connectivity index (χ4n) is 3.22. The van der Waals surface area contributed by atoms with Crippen LogP contribution in [-0.4, -0.2) is 36.3 Å². The first-order chi connectivity index (χ1) is 14.2. The van der Waals surface area contributed by atoms with Gasteiger partial charge in [0.05, 0.1) is 17.4 Å². The average molecular weight is 386 g/mol. The summed E-state index contributed by atoms with van der Waals surface area (Å²) in [4.78, 5) is 15.9. The Bertz CT molecular complexity index is 1280. The Morgan fingerprint density at radius 2 is 1.93 bits per heavy atom. The number of rotatable bonds is 6. The Morgan fingerprint density at radius 3 is 2.83 bits per heavy atom. The molecule has 0 saturated carbocycles. The molecule has 3 heterocycles. The Balaban J connectivity index is 1.36. The second kappa shape index (κ2) is 7.23. The largest absolute Gasteiger partial charge is 0.492 e. The van der Waals surface area contributed by atoms with Gasteiger partial charge in [0, 0.05) is 22.7 Å². The number of aromatic amines is 1. The molecule has 0 saturated heterocycles. The molecule has 29 heavy (non-hydrogen) atoms. The Kier molecular flexibility index (Phi) is 4.28. The summed E-state index contributed by atoms with van der Waals surface area (Å²) in [6.45, 7) is 3.14. The van der Waals surface area contributed by atoms with Crippen molar-refractivity contribution in [1.29, 1.82) is 0 Å². The van der Waals surface area contributed by atoms with Crippen molar-refractivity contribution >= 4 is 21.8 Å². The van der Waals surface area contributed by atoms with E-state index in [-0.39, 0.29) is 0 Å². The van der Waals surface area contributed by atoms with E-state index in [1.807, 2.05) is 43.3 Å². The zero-order valence-corrected chi connectivity index (χ0v) is 15.7. The zero-order valence-electron chi connectivity index (χ0n) is 15.7. The van der Waals surface area contributed by atoms with Gasteiger partial charge in [0.2, 0.25) is 5.88 Å². The normalized spacial score (nSPS) is 11.2. The van der Waals surface area contributed by atoms with Crippen molar-refractivity contribution in [3.8, 4) is 17.4 Å². The third kappa shape index (κ3) is 3.60. The average Bonchev–Trinajstić information content (AvgIpc) is 3.36. The number of nitrogens with one attached hydrogen (secondary N) is 1. The summed E-state index contributed by atoms with van der Waals surface area (Å²) in [5.41, 5.74) is 2.95. The maximum Gasteiger partial charge on any atom is 0.230 e. The molecule has 8 nitrogen and oxygen atoms in total. The third-order valence-corrected chi connectivity index (χ3v) is 4.57. The standard InChI is InChI=1S/C21H18N6O2/c1-14-8-15-9-17(3-5-19(15)26-14)29-21-18-4-2-16(10-20(18)23-12-24-21)28-7-6-27-13-22-11-25-27/h2-5,8-13,26H,6-7H2,1H3. The molecule has 0 unspecified atom stereocenters. The smallest absolute Gasteiger partial charge is 0.230 e. The number of nitrogens with zero attached hydrogens (tertiary/aromatic N) is 5. The van der Waals surface area contributed by atoms with E-state index in [1.165, 1.54) is 12.7 Å². The molecule has 0 amide bonds. The molecule has 144 valence electrons. The molecule has 0 spiro atoms. The fraction of sp³-hybridized carbons (Fsp3) is 0.143. The number of aromatic nitrogens is 6. The van der Waals surface area contributed by atoms with Gasteiger partial charge in [-0.15, -0.1) is 0 Å². The molecule has 3 aromatic heterocycles. The molecule has 5 aromatic rings. The van der Waals surface area contributed by atoms with Crippen LogP contribution in [0.15, 0.2) is 61.4 Å². The first-order valence-electron chi connectivity index (χ1n) is 9.22. The van der Waals surface area contributed by atoms with Crippen LogP contribution in [0.3, 0.4) is 0 Å². The maximum absolute atomic E-state index is 6.05. The number of hydrogen-bond donors (Lipinski definition) is 1. The Hall–Kier alpha value is -3.94. The lowest BCUT2D eigenvalue weighted by atomic mass is 10.2. The van der Waals surface area contributed by atoms with Gasteiger partial charge in [-0.25, -0.2) is 19.6 Å². The summed E-state index contributed by atoms with van der Waals surface area (Å²) < 4.78 is 13.6. The van der Waals surface area contributed by atoms with Crippen molar-refractivity contribution in [3.63, 3.8) is 0 Å². The van der Waals surface area contributed by atoms with E-state index < -0.39 is 0 Å². The molecule has 0 aliphatic carbocycles. The van der Waals surface area contributed by atoms with E-state index in [9.17, 15) is 0 Å². The van der Waals surface area contributed by atoms with Crippen LogP contribution in [0.5, 0.6) is 17.4 Å². The van der Waals surface area contributed by atoms with Crippen LogP contribution >= 0.6 is 0 Å². The van der Waals surface area contributed by atoms with Gasteiger partial charge in [-0.2, -0.15) is 5.10 Å². The van der Waals surface area contributed by atoms with Crippen LogP contribution < -0.4 is 9.47 Å². The Morgan fingerprint density at radius 1 is 1.00 bits per heavy atom. The van der Waals surface area contributed by atoms with Gasteiger partial charge in [-0.1, -0.05) is 0 Å². The van der Waals surface area contributed by atoms with Crippen molar-refractivity contribution in [1.82, 2.24) is 29.7 Å². The van der Waals surface area contributed by atoms with E-state index in [2.05, 4.69) is 31.1 Å². The molecule has 0 radical (unpaired) electrons. The van der Waals surface area contributed by atoms with E-state index in [0.29, 0.717) is 19.0 Å². The van der Waals surface area contributed by atoms with Crippen molar-refractivity contribution in [3.05, 3.63) is 67.1 Å². The number of benzene rings is 2. The van der Waals surface area contributed by atoms with Crippen LogP contribution in [0.25, 0.3) is 21.8 Å². The summed E-state index contributed by atoms with van der Waals surface area (Å²) in [6, 6.07) is 13.7. The molecular formula is C21H18N6O2. The van der Waals surface area contributed by atoms with E-state index >= 15 is 0 Å². The van der Waals surface area contributed by atoms with Crippen LogP contribution in [0, 0.1) is 6.92 Å². The van der Waals surface area contributed by atoms with Crippen LogP contribution in [0.4, 0.5) is 0 Å². The minimum absolute atomic E-state index is 0.486. The summed E-state index contributed by atoms with van der Waals surface area (Å²) in [7, 11) is 0. The van der Waals surface area contributed by atoms with Gasteiger partial charge >= 0.3 is 0 Å². The number of ether oxygens (including phenoxy) is 2. The number of fused-ring (bicyclic) bond motifs is 2. The quantitative estimate of drug-likeness (QED) is 0.476. The minimum Gasteiger partial charge on any atom is -0.492 e. The van der Waals surface area contributed by atoms with Crippen LogP contribution in [0.2, 0.25) is 0 Å². The number of H-pyrrole nitrogens is 1. The molecular weight excluding hydrogens is 368 g/mol. The molecule has 0 bridgehead atoms. The molecule has 0 fully saturated rings. The second-order valence-corrected chi connectivity index (χ2v) is 6.67. The minimum atomic E-state index is 0.486. The summed E-state index contributed by atoms with van der Waals surface area (Å²) in [5, 5.41) is 5.97. The molecule has 0 atom stereocenters. The first-order valence-corrected chi connectivity index (χ1v) is 9.22. The van der Waals surface area contributed by atoms with Gasteiger partial charge in [0.1, 0.15) is 37.1 Å². The summed E-state index contributed by atoms with van der Waals surface area (Å²) in [6.07, 6.45) is 4.66. The second-order valence-electron chi connectivity index (χ2n) is 6.67. The number of hydrogen-bond acceptors (Lipinski definition) is 6. The molecule has 8 heteroatoms. The van der Waals surface area contributed by atoms with Crippen molar-refractivity contribution < 1.29 is 9.47 Å². The molecule has 2 aromatic carbocycles. The highest BCUT2D eigenvalue weighted by Crippen LogP contribution is 2.30. The monoisotopic (exact) mass is 386 g/mol. The Labute approximate surface area is 166 Å². The maximum atomic E-state index is 6.05. The van der Waals surface area contributed by atoms with E-state index in [4.69, 9.17) is 9.47 Å². The van der Waals surface area contributed by atoms with Crippen molar-refractivity contribution in [2.45, 2.75) is 13.5 Å². The first kappa shape index (κ1) is 17.2. The summed E-state index contributed by atoms with van der Waals surface area (Å²) >= 11 is 0. The lowest BCUT2D eigenvalue weighted by Crippen LogP contribution is -2.08. The zero-order chi connectivity index (χ0) is 19.6. The highest BCUT2D eigenvalue weighted by atomic mass is 16.5. The van der Waals surface area contributed by atoms with E-state index in [0.717, 1.165) is 39.0 Å². The SMILES string of the molecule is Cc1cc2cc(Oc3ncnc4cc(OCCn5cncn5)ccc34)ccc2[nH]1. The van der Waals surface area contributed by atoms with E-state index in [1.54, 1.807) is 11.0 Å². The number of aryl methyl sites for hydroxylation is 1. The fourth-order valence-corrected chi connectivity index (χ4v) is 3.22. The van der Waals surface area contributed by atoms with Crippen LogP contribution in [0.1, 0.15) is 5.69 Å². The third-order valence-electron chi connectivity index (χ3n) is 4.57. The molecule has 0 aliphatic rings. The predicted molar refractivity (Wildman–Crippen MR) is 108 cm³/mol. The van der Waals surface area contributed by atoms with Gasteiger partial charge in [0.25, 0.3) is 0 Å². The lowest BCUT2D eigenvalue weighted by Gasteiger charge is -2.10. The van der Waals surface area contributed by atoms with Crippen LogP contribution in [-0.2, 0) is 6.54 Å². The highest BCUT2D eigenvalue weighted by molar-refractivity contribution is 5.85. The van der Waals surface area contributed by atoms with Gasteiger partial charge < -0.3 is 14.5 Å². The molecule has 1 N–H and O–H groups in total. The lowest BCUT2D eigenvalue weighted by molar-refractivity contribution is 0.291. The molecule has 5 rings (SSSR count). The predicted octanol–water partition coefficient (Wildman–Crippen LogP) is 3.88. The van der Waals surface area contributed by atoms with Crippen molar-refractivity contribution in [2.75, 3.05) is 6.61 Å². The van der Waals surface area contributed by atoms with Gasteiger partial charge in [-0.3, -0.25) is 0 Å².